The minimum Gasteiger partial charge on any atom is -0.465 e. The van der Waals surface area contributed by atoms with Crippen LogP contribution in [0.25, 0.3) is 11.0 Å². The maximum absolute atomic E-state index is 11.9. The predicted octanol–water partition coefficient (Wildman–Crippen LogP) is 2.53. The maximum atomic E-state index is 11.9. The summed E-state index contributed by atoms with van der Waals surface area (Å²) in [5.41, 5.74) is 1.81. The van der Waals surface area contributed by atoms with Gasteiger partial charge in [-0.05, 0) is 32.9 Å². The Morgan fingerprint density at radius 1 is 1.44 bits per heavy atom. The zero-order valence-corrected chi connectivity index (χ0v) is 10.7. The summed E-state index contributed by atoms with van der Waals surface area (Å²) in [6, 6.07) is 5.72. The first-order chi connectivity index (χ1) is 8.61. The lowest BCUT2D eigenvalue weighted by atomic mass is 10.2. The highest BCUT2D eigenvalue weighted by atomic mass is 16.5. The summed E-state index contributed by atoms with van der Waals surface area (Å²) in [6.45, 7) is 6.03. The van der Waals surface area contributed by atoms with Gasteiger partial charge < -0.3 is 14.5 Å². The molecular formula is C13H16N2O3. The summed E-state index contributed by atoms with van der Waals surface area (Å²) in [6.07, 6.45) is -0.151. The zero-order valence-electron chi connectivity index (χ0n) is 10.7. The molecule has 18 heavy (non-hydrogen) atoms. The molecule has 0 amide bonds. The Bertz CT molecular complexity index is 560. The molecule has 2 aromatic rings. The molecule has 1 aromatic carbocycles. The number of carbonyl (C=O) groups excluding carboxylic acids is 1. The van der Waals surface area contributed by atoms with Gasteiger partial charge in [-0.1, -0.05) is 6.07 Å². The van der Waals surface area contributed by atoms with Crippen molar-refractivity contribution in [1.82, 2.24) is 9.97 Å². The van der Waals surface area contributed by atoms with Gasteiger partial charge in [0, 0.05) is 0 Å². The van der Waals surface area contributed by atoms with Crippen molar-refractivity contribution in [3.63, 3.8) is 0 Å². The Kier molecular flexibility index (Phi) is 3.50. The molecule has 5 nitrogen and oxygen atoms in total. The number of para-hydroxylation sites is 1. The number of imidazole rings is 1. The third-order valence-electron chi connectivity index (χ3n) is 2.34. The third-order valence-corrected chi connectivity index (χ3v) is 2.34. The Labute approximate surface area is 105 Å². The molecule has 1 heterocycles. The van der Waals surface area contributed by atoms with E-state index in [0.717, 1.165) is 0 Å². The molecule has 2 rings (SSSR count). The van der Waals surface area contributed by atoms with Gasteiger partial charge in [0.15, 0.2) is 0 Å². The van der Waals surface area contributed by atoms with Crippen molar-refractivity contribution >= 4 is 17.0 Å². The van der Waals surface area contributed by atoms with Crippen molar-refractivity contribution in [1.29, 1.82) is 0 Å². The lowest BCUT2D eigenvalue weighted by Crippen LogP contribution is -2.11. The monoisotopic (exact) mass is 248 g/mol. The van der Waals surface area contributed by atoms with Gasteiger partial charge in [0.25, 0.3) is 6.01 Å². The van der Waals surface area contributed by atoms with Crippen LogP contribution in [-0.2, 0) is 4.74 Å². The predicted molar refractivity (Wildman–Crippen MR) is 67.8 cm³/mol. The van der Waals surface area contributed by atoms with E-state index in [2.05, 4.69) is 9.97 Å². The number of benzene rings is 1. The summed E-state index contributed by atoms with van der Waals surface area (Å²) >= 11 is 0. The highest BCUT2D eigenvalue weighted by Gasteiger charge is 2.15. The van der Waals surface area contributed by atoms with E-state index in [1.807, 2.05) is 26.8 Å². The van der Waals surface area contributed by atoms with Crippen molar-refractivity contribution in [2.45, 2.75) is 26.9 Å². The number of hydrogen-bond acceptors (Lipinski definition) is 4. The van der Waals surface area contributed by atoms with E-state index in [-0.39, 0.29) is 12.1 Å². The van der Waals surface area contributed by atoms with E-state index in [1.54, 1.807) is 12.1 Å². The van der Waals surface area contributed by atoms with Crippen LogP contribution in [0.3, 0.4) is 0 Å². The summed E-state index contributed by atoms with van der Waals surface area (Å²) in [4.78, 5) is 19.1. The first-order valence-electron chi connectivity index (χ1n) is 5.94. The molecule has 0 saturated heterocycles. The molecule has 0 spiro atoms. The summed E-state index contributed by atoms with van der Waals surface area (Å²) in [7, 11) is 0. The Morgan fingerprint density at radius 2 is 2.22 bits per heavy atom. The number of nitrogens with one attached hydrogen (secondary N) is 1. The standard InChI is InChI=1S/C13H16N2O3/c1-4-17-13-14-10-7-5-6-9(11(10)15-13)12(16)18-8(2)3/h5-8H,4H2,1-3H3,(H,14,15). The second-order valence-electron chi connectivity index (χ2n) is 4.13. The molecule has 0 fully saturated rings. The third kappa shape index (κ3) is 2.45. The Hall–Kier alpha value is -2.04. The highest BCUT2D eigenvalue weighted by Crippen LogP contribution is 2.20. The van der Waals surface area contributed by atoms with Crippen LogP contribution < -0.4 is 4.74 Å². The normalized spacial score (nSPS) is 10.9. The lowest BCUT2D eigenvalue weighted by Gasteiger charge is -2.07. The van der Waals surface area contributed by atoms with Gasteiger partial charge in [0.2, 0.25) is 0 Å². The largest absolute Gasteiger partial charge is 0.465 e. The van der Waals surface area contributed by atoms with E-state index in [9.17, 15) is 4.79 Å². The highest BCUT2D eigenvalue weighted by molar-refractivity contribution is 6.02. The van der Waals surface area contributed by atoms with Crippen molar-refractivity contribution in [2.24, 2.45) is 0 Å². The average molecular weight is 248 g/mol. The van der Waals surface area contributed by atoms with Crippen LogP contribution in [-0.4, -0.2) is 28.6 Å². The van der Waals surface area contributed by atoms with Crippen LogP contribution in [0.1, 0.15) is 31.1 Å². The van der Waals surface area contributed by atoms with Crippen molar-refractivity contribution in [3.05, 3.63) is 23.8 Å². The number of hydrogen-bond donors (Lipinski definition) is 1. The van der Waals surface area contributed by atoms with Crippen LogP contribution in [0.5, 0.6) is 6.01 Å². The second-order valence-corrected chi connectivity index (χ2v) is 4.13. The summed E-state index contributed by atoms with van der Waals surface area (Å²) < 4.78 is 10.5. The van der Waals surface area contributed by atoms with Crippen LogP contribution in [0, 0.1) is 0 Å². The number of ether oxygens (including phenoxy) is 2. The molecule has 0 saturated carbocycles. The molecule has 5 heteroatoms. The van der Waals surface area contributed by atoms with Crippen LogP contribution in [0.2, 0.25) is 0 Å². The van der Waals surface area contributed by atoms with Gasteiger partial charge in [0.1, 0.15) is 0 Å². The number of nitrogens with zero attached hydrogens (tertiary/aromatic N) is 1. The first kappa shape index (κ1) is 12.4. The second kappa shape index (κ2) is 5.08. The number of aromatic amines is 1. The average Bonchev–Trinajstić information content (AvgIpc) is 2.70. The van der Waals surface area contributed by atoms with Crippen LogP contribution in [0.15, 0.2) is 18.2 Å². The van der Waals surface area contributed by atoms with E-state index in [0.29, 0.717) is 29.2 Å². The molecule has 1 aromatic heterocycles. The maximum Gasteiger partial charge on any atom is 0.340 e. The van der Waals surface area contributed by atoms with E-state index in [1.165, 1.54) is 0 Å². The Balaban J connectivity index is 2.41. The number of H-pyrrole nitrogens is 1. The molecule has 0 radical (unpaired) electrons. The minimum absolute atomic E-state index is 0.151. The van der Waals surface area contributed by atoms with E-state index >= 15 is 0 Å². The zero-order chi connectivity index (χ0) is 13.1. The lowest BCUT2D eigenvalue weighted by molar-refractivity contribution is 0.0380. The van der Waals surface area contributed by atoms with Gasteiger partial charge in [-0.2, -0.15) is 4.98 Å². The molecule has 1 N–H and O–H groups in total. The molecule has 0 aliphatic rings. The molecule has 0 aliphatic heterocycles. The van der Waals surface area contributed by atoms with Gasteiger partial charge in [0.05, 0.1) is 29.3 Å². The summed E-state index contributed by atoms with van der Waals surface area (Å²) in [5, 5.41) is 0. The number of carbonyl (C=O) groups is 1. The minimum atomic E-state index is -0.359. The van der Waals surface area contributed by atoms with Crippen LogP contribution >= 0.6 is 0 Å². The van der Waals surface area contributed by atoms with Gasteiger partial charge >= 0.3 is 5.97 Å². The topological polar surface area (TPSA) is 64.2 Å². The van der Waals surface area contributed by atoms with E-state index < -0.39 is 0 Å². The SMILES string of the molecule is CCOc1nc2cccc(C(=O)OC(C)C)c2[nH]1. The van der Waals surface area contributed by atoms with Gasteiger partial charge in [-0.3, -0.25) is 0 Å². The molecular weight excluding hydrogens is 232 g/mol. The molecule has 0 unspecified atom stereocenters. The quantitative estimate of drug-likeness (QED) is 0.844. The van der Waals surface area contributed by atoms with Crippen molar-refractivity contribution in [3.8, 4) is 6.01 Å². The fraction of sp³-hybridized carbons (Fsp3) is 0.385. The van der Waals surface area contributed by atoms with Gasteiger partial charge in [-0.25, -0.2) is 4.79 Å². The molecule has 96 valence electrons. The first-order valence-corrected chi connectivity index (χ1v) is 5.94. The number of rotatable bonds is 4. The molecule has 0 atom stereocenters. The number of esters is 1. The van der Waals surface area contributed by atoms with E-state index in [4.69, 9.17) is 9.47 Å². The van der Waals surface area contributed by atoms with Crippen molar-refractivity contribution < 1.29 is 14.3 Å². The van der Waals surface area contributed by atoms with Crippen molar-refractivity contribution in [2.75, 3.05) is 6.61 Å². The number of fused-ring (bicyclic) bond motifs is 1. The summed E-state index contributed by atoms with van der Waals surface area (Å²) in [5.74, 6) is -0.359. The molecule has 0 aliphatic carbocycles. The fourth-order valence-corrected chi connectivity index (χ4v) is 1.66. The fourth-order valence-electron chi connectivity index (χ4n) is 1.66. The number of aromatic nitrogens is 2. The smallest absolute Gasteiger partial charge is 0.340 e. The van der Waals surface area contributed by atoms with Gasteiger partial charge in [-0.15, -0.1) is 0 Å². The molecule has 0 bridgehead atoms. The van der Waals surface area contributed by atoms with Crippen LogP contribution in [0.4, 0.5) is 0 Å². The Morgan fingerprint density at radius 3 is 2.89 bits per heavy atom.